The van der Waals surface area contributed by atoms with Crippen LogP contribution in [0.15, 0.2) is 11.8 Å². The van der Waals surface area contributed by atoms with Crippen LogP contribution in [0.5, 0.6) is 0 Å². The Morgan fingerprint density at radius 2 is 2.31 bits per heavy atom. The first-order valence-corrected chi connectivity index (χ1v) is 3.77. The van der Waals surface area contributed by atoms with E-state index in [4.69, 9.17) is 4.74 Å². The molecule has 0 N–H and O–H groups in total. The molecule has 0 atom stereocenters. The van der Waals surface area contributed by atoms with Gasteiger partial charge in [0.05, 0.1) is 20.8 Å². The molecule has 0 aromatic rings. The van der Waals surface area contributed by atoms with Crippen LogP contribution in [-0.2, 0) is 19.1 Å². The second-order valence-electron chi connectivity index (χ2n) is 2.59. The summed E-state index contributed by atoms with van der Waals surface area (Å²) in [5.74, 6) is -0.0877. The van der Waals surface area contributed by atoms with Gasteiger partial charge in [-0.05, 0) is 0 Å². The zero-order valence-electron chi connectivity index (χ0n) is 7.57. The molecular formula is C8H11NO4. The van der Waals surface area contributed by atoms with Crippen molar-refractivity contribution in [3.63, 3.8) is 0 Å². The highest BCUT2D eigenvalue weighted by Crippen LogP contribution is 2.10. The fourth-order valence-electron chi connectivity index (χ4n) is 1.02. The van der Waals surface area contributed by atoms with Crippen molar-refractivity contribution >= 4 is 11.9 Å². The van der Waals surface area contributed by atoms with Gasteiger partial charge in [0.1, 0.15) is 12.3 Å². The number of carbonyl (C=O) groups excluding carboxylic acids is 2. The molecule has 0 saturated carbocycles. The van der Waals surface area contributed by atoms with E-state index in [1.165, 1.54) is 25.2 Å². The van der Waals surface area contributed by atoms with E-state index >= 15 is 0 Å². The van der Waals surface area contributed by atoms with Crippen LogP contribution in [0.4, 0.5) is 0 Å². The van der Waals surface area contributed by atoms with E-state index in [2.05, 4.69) is 4.74 Å². The van der Waals surface area contributed by atoms with E-state index in [0.717, 1.165) is 0 Å². The quantitative estimate of drug-likeness (QED) is 0.558. The van der Waals surface area contributed by atoms with E-state index in [1.807, 2.05) is 0 Å². The van der Waals surface area contributed by atoms with Gasteiger partial charge < -0.3 is 14.4 Å². The summed E-state index contributed by atoms with van der Waals surface area (Å²) in [5.41, 5.74) is 0. The van der Waals surface area contributed by atoms with Crippen molar-refractivity contribution < 1.29 is 19.1 Å². The first-order chi connectivity index (χ1) is 6.17. The maximum atomic E-state index is 11.2. The SMILES string of the molecule is COC(=O)CN1CC(OC)=CC1=O. The molecule has 5 nitrogen and oxygen atoms in total. The average Bonchev–Trinajstić information content (AvgIpc) is 2.47. The maximum Gasteiger partial charge on any atom is 0.325 e. The van der Waals surface area contributed by atoms with Gasteiger partial charge in [-0.1, -0.05) is 0 Å². The fraction of sp³-hybridized carbons (Fsp3) is 0.500. The number of hydrogen-bond acceptors (Lipinski definition) is 4. The lowest BCUT2D eigenvalue weighted by molar-refractivity contribution is -0.145. The van der Waals surface area contributed by atoms with Crippen molar-refractivity contribution in [2.24, 2.45) is 0 Å². The van der Waals surface area contributed by atoms with Crippen LogP contribution >= 0.6 is 0 Å². The molecule has 13 heavy (non-hydrogen) atoms. The van der Waals surface area contributed by atoms with Gasteiger partial charge in [-0.25, -0.2) is 0 Å². The molecule has 0 unspecified atom stereocenters. The molecule has 0 aliphatic carbocycles. The third kappa shape index (κ3) is 2.21. The van der Waals surface area contributed by atoms with Gasteiger partial charge in [0.2, 0.25) is 0 Å². The highest BCUT2D eigenvalue weighted by atomic mass is 16.5. The van der Waals surface area contributed by atoms with Crippen LogP contribution in [0.1, 0.15) is 0 Å². The van der Waals surface area contributed by atoms with Gasteiger partial charge in [-0.15, -0.1) is 0 Å². The van der Waals surface area contributed by atoms with Gasteiger partial charge in [0.25, 0.3) is 5.91 Å². The Labute approximate surface area is 75.9 Å². The standard InChI is InChI=1S/C8H11NO4/c1-12-6-3-7(10)9(4-6)5-8(11)13-2/h3H,4-5H2,1-2H3. The Bertz CT molecular complexity index is 259. The number of nitrogens with zero attached hydrogens (tertiary/aromatic N) is 1. The van der Waals surface area contributed by atoms with Crippen LogP contribution in [0.2, 0.25) is 0 Å². The molecule has 0 aromatic heterocycles. The number of methoxy groups -OCH3 is 2. The van der Waals surface area contributed by atoms with Crippen LogP contribution in [-0.4, -0.2) is 44.1 Å². The molecule has 1 heterocycles. The molecule has 72 valence electrons. The molecule has 0 spiro atoms. The average molecular weight is 185 g/mol. The summed E-state index contributed by atoms with van der Waals surface area (Å²) in [5, 5.41) is 0. The summed E-state index contributed by atoms with van der Waals surface area (Å²) in [6.07, 6.45) is 1.36. The second kappa shape index (κ2) is 3.93. The summed E-state index contributed by atoms with van der Waals surface area (Å²) in [7, 11) is 2.77. The van der Waals surface area contributed by atoms with Gasteiger partial charge in [-0.3, -0.25) is 9.59 Å². The van der Waals surface area contributed by atoms with Crippen molar-refractivity contribution in [1.82, 2.24) is 4.90 Å². The maximum absolute atomic E-state index is 11.2. The first kappa shape index (κ1) is 9.57. The van der Waals surface area contributed by atoms with E-state index in [0.29, 0.717) is 12.3 Å². The summed E-state index contributed by atoms with van der Waals surface area (Å²) < 4.78 is 9.31. The molecule has 1 aliphatic rings. The normalized spacial score (nSPS) is 15.7. The number of carbonyl (C=O) groups is 2. The van der Waals surface area contributed by atoms with Crippen molar-refractivity contribution in [3.05, 3.63) is 11.8 Å². The van der Waals surface area contributed by atoms with E-state index in [9.17, 15) is 9.59 Å². The van der Waals surface area contributed by atoms with Crippen molar-refractivity contribution in [1.29, 1.82) is 0 Å². The Morgan fingerprint density at radius 1 is 1.62 bits per heavy atom. The topological polar surface area (TPSA) is 55.8 Å². The molecule has 0 saturated heterocycles. The predicted octanol–water partition coefficient (Wildman–Crippen LogP) is -0.468. The lowest BCUT2D eigenvalue weighted by Gasteiger charge is -2.13. The third-order valence-electron chi connectivity index (χ3n) is 1.75. The summed E-state index contributed by atoms with van der Waals surface area (Å²) in [6, 6.07) is 0. The fourth-order valence-corrected chi connectivity index (χ4v) is 1.02. The van der Waals surface area contributed by atoms with Crippen LogP contribution in [0.25, 0.3) is 0 Å². The Balaban J connectivity index is 2.49. The lowest BCUT2D eigenvalue weighted by atomic mass is 10.5. The molecule has 0 bridgehead atoms. The zero-order valence-corrected chi connectivity index (χ0v) is 7.57. The second-order valence-corrected chi connectivity index (χ2v) is 2.59. The molecule has 0 aromatic carbocycles. The van der Waals surface area contributed by atoms with Crippen molar-refractivity contribution in [3.8, 4) is 0 Å². The van der Waals surface area contributed by atoms with Crippen LogP contribution < -0.4 is 0 Å². The molecule has 5 heteroatoms. The zero-order chi connectivity index (χ0) is 9.84. The largest absolute Gasteiger partial charge is 0.499 e. The summed E-state index contributed by atoms with van der Waals surface area (Å²) in [4.78, 5) is 23.3. The lowest BCUT2D eigenvalue weighted by Crippen LogP contribution is -2.32. The molecule has 1 aliphatic heterocycles. The summed E-state index contributed by atoms with van der Waals surface area (Å²) in [6.45, 7) is 0.309. The number of amides is 1. The van der Waals surface area contributed by atoms with Gasteiger partial charge in [0, 0.05) is 6.08 Å². The Hall–Kier alpha value is -1.52. The van der Waals surface area contributed by atoms with Crippen molar-refractivity contribution in [2.75, 3.05) is 27.3 Å². The third-order valence-corrected chi connectivity index (χ3v) is 1.75. The Morgan fingerprint density at radius 3 is 2.77 bits per heavy atom. The molecule has 0 radical (unpaired) electrons. The highest BCUT2D eigenvalue weighted by molar-refractivity contribution is 5.93. The smallest absolute Gasteiger partial charge is 0.325 e. The van der Waals surface area contributed by atoms with Gasteiger partial charge in [-0.2, -0.15) is 0 Å². The van der Waals surface area contributed by atoms with E-state index in [1.54, 1.807) is 0 Å². The molecule has 1 rings (SSSR count). The van der Waals surface area contributed by atoms with Gasteiger partial charge in [0.15, 0.2) is 0 Å². The van der Waals surface area contributed by atoms with Crippen molar-refractivity contribution in [2.45, 2.75) is 0 Å². The predicted molar refractivity (Wildman–Crippen MR) is 43.7 cm³/mol. The van der Waals surface area contributed by atoms with Crippen LogP contribution in [0, 0.1) is 0 Å². The van der Waals surface area contributed by atoms with Gasteiger partial charge >= 0.3 is 5.97 Å². The minimum Gasteiger partial charge on any atom is -0.499 e. The molecule has 1 amide bonds. The monoisotopic (exact) mass is 185 g/mol. The first-order valence-electron chi connectivity index (χ1n) is 3.77. The minimum atomic E-state index is -0.431. The van der Waals surface area contributed by atoms with E-state index < -0.39 is 5.97 Å². The Kier molecular flexibility index (Phi) is 2.89. The number of rotatable bonds is 3. The molecular weight excluding hydrogens is 174 g/mol. The number of hydrogen-bond donors (Lipinski definition) is 0. The summed E-state index contributed by atoms with van der Waals surface area (Å²) >= 11 is 0. The molecule has 0 fully saturated rings. The van der Waals surface area contributed by atoms with E-state index in [-0.39, 0.29) is 12.5 Å². The minimum absolute atomic E-state index is 0.0291. The number of ether oxygens (including phenoxy) is 2. The highest BCUT2D eigenvalue weighted by Gasteiger charge is 2.24. The van der Waals surface area contributed by atoms with Crippen LogP contribution in [0.3, 0.4) is 0 Å². The number of esters is 1.